The first-order valence-electron chi connectivity index (χ1n) is 14.6. The second-order valence-corrected chi connectivity index (χ2v) is 16.8. The topological polar surface area (TPSA) is 40.0 Å². The molecule has 1 aliphatic rings. The normalized spacial score (nSPS) is 19.0. The smallest absolute Gasteiger partial charge is 0.261 e. The van der Waals surface area contributed by atoms with Gasteiger partial charge in [-0.1, -0.05) is 142 Å². The van der Waals surface area contributed by atoms with Crippen molar-refractivity contribution < 1.29 is 13.9 Å². The maximum Gasteiger partial charge on any atom is 0.261 e. The van der Waals surface area contributed by atoms with Crippen LogP contribution in [0, 0.1) is 0 Å². The van der Waals surface area contributed by atoms with Gasteiger partial charge in [0.1, 0.15) is 18.2 Å². The lowest BCUT2D eigenvalue weighted by atomic mass is 10.1. The van der Waals surface area contributed by atoms with E-state index in [1.165, 1.54) is 10.4 Å². The number of ether oxygens (including phenoxy) is 2. The highest BCUT2D eigenvalue weighted by atomic mass is 32.2. The first-order valence-corrected chi connectivity index (χ1v) is 17.7. The minimum Gasteiger partial charge on any atom is -0.405 e. The molecule has 5 rings (SSSR count). The Kier molecular flexibility index (Phi) is 10.1. The van der Waals surface area contributed by atoms with Crippen molar-refractivity contribution in [2.24, 2.45) is 4.99 Å². The summed E-state index contributed by atoms with van der Waals surface area (Å²) in [5, 5.41) is 3.35. The quantitative estimate of drug-likeness (QED) is 0.177. The van der Waals surface area contributed by atoms with Crippen molar-refractivity contribution in [3.05, 3.63) is 132 Å². The number of aliphatic imine (C=N–C) groups is 1. The zero-order valence-electron chi connectivity index (χ0n) is 25.0. The first kappa shape index (κ1) is 30.5. The molecule has 0 spiro atoms. The first-order chi connectivity index (χ1) is 20.4. The fraction of sp³-hybridized carbons (Fsp3) is 0.306. The van der Waals surface area contributed by atoms with Gasteiger partial charge in [-0.05, 0) is 32.8 Å². The van der Waals surface area contributed by atoms with E-state index in [0.717, 1.165) is 16.2 Å². The summed E-state index contributed by atoms with van der Waals surface area (Å²) in [6, 6.07) is 41.9. The van der Waals surface area contributed by atoms with E-state index in [2.05, 4.69) is 112 Å². The molecule has 1 aliphatic heterocycles. The van der Waals surface area contributed by atoms with Crippen molar-refractivity contribution >= 4 is 35.5 Å². The molecule has 4 aromatic rings. The van der Waals surface area contributed by atoms with Crippen LogP contribution in [0.3, 0.4) is 0 Å². The van der Waals surface area contributed by atoms with Crippen LogP contribution in [0.1, 0.15) is 31.9 Å². The van der Waals surface area contributed by atoms with Crippen LogP contribution in [0.4, 0.5) is 0 Å². The van der Waals surface area contributed by atoms with E-state index >= 15 is 0 Å². The molecule has 0 unspecified atom stereocenters. The Labute approximate surface area is 256 Å². The van der Waals surface area contributed by atoms with Gasteiger partial charge in [0.2, 0.25) is 0 Å². The number of nitrogens with zero attached hydrogens (tertiary/aromatic N) is 1. The van der Waals surface area contributed by atoms with Crippen LogP contribution in [0.15, 0.2) is 126 Å². The summed E-state index contributed by atoms with van der Waals surface area (Å²) < 4.78 is 20.6. The molecule has 0 saturated carbocycles. The number of benzene rings is 4. The summed E-state index contributed by atoms with van der Waals surface area (Å²) in [7, 11) is -2.73. The van der Waals surface area contributed by atoms with Crippen LogP contribution < -0.4 is 10.4 Å². The highest BCUT2D eigenvalue weighted by Gasteiger charge is 2.51. The van der Waals surface area contributed by atoms with Crippen LogP contribution in [-0.4, -0.2) is 44.5 Å². The zero-order chi connectivity index (χ0) is 29.4. The summed E-state index contributed by atoms with van der Waals surface area (Å²) in [6.07, 6.45) is 1.53. The standard InChI is InChI=1S/C36H41NO3SSi/c1-36(2,3)42(30-21-13-7-14-22-30,31-23-15-8-16-24-31)40-27-32-33(38-25-28-17-9-5-10-18-28)34(35(37-32)41-4)39-26-29-19-11-6-12-20-29/h5-24,32-34H,25-27H2,1-4H3/t32-,33+,34-/m0/s1. The van der Waals surface area contributed by atoms with E-state index in [1.807, 2.05) is 36.4 Å². The zero-order valence-corrected chi connectivity index (χ0v) is 26.8. The lowest BCUT2D eigenvalue weighted by Gasteiger charge is -2.43. The fourth-order valence-electron chi connectivity index (χ4n) is 5.82. The summed E-state index contributed by atoms with van der Waals surface area (Å²) >= 11 is 1.64. The Morgan fingerprint density at radius 1 is 0.667 bits per heavy atom. The Morgan fingerprint density at radius 2 is 1.12 bits per heavy atom. The second kappa shape index (κ2) is 14.0. The second-order valence-electron chi connectivity index (χ2n) is 11.7. The predicted octanol–water partition coefficient (Wildman–Crippen LogP) is 6.88. The fourth-order valence-corrected chi connectivity index (χ4v) is 11.1. The van der Waals surface area contributed by atoms with Gasteiger partial charge in [-0.3, -0.25) is 4.99 Å². The van der Waals surface area contributed by atoms with Gasteiger partial charge >= 0.3 is 0 Å². The molecule has 42 heavy (non-hydrogen) atoms. The third-order valence-corrected chi connectivity index (χ3v) is 13.6. The van der Waals surface area contributed by atoms with E-state index in [1.54, 1.807) is 11.8 Å². The molecule has 1 heterocycles. The predicted molar refractivity (Wildman–Crippen MR) is 178 cm³/mol. The van der Waals surface area contributed by atoms with Crippen molar-refractivity contribution in [3.8, 4) is 0 Å². The number of thioether (sulfide) groups is 1. The molecular weight excluding hydrogens is 555 g/mol. The molecule has 0 N–H and O–H groups in total. The molecular formula is C36H41NO3SSi. The Balaban J connectivity index is 1.46. The highest BCUT2D eigenvalue weighted by molar-refractivity contribution is 8.13. The van der Waals surface area contributed by atoms with Crippen LogP contribution in [-0.2, 0) is 27.1 Å². The third-order valence-electron chi connectivity index (χ3n) is 7.87. The number of rotatable bonds is 11. The Morgan fingerprint density at radius 3 is 1.57 bits per heavy atom. The molecule has 4 nitrogen and oxygen atoms in total. The maximum absolute atomic E-state index is 7.32. The van der Waals surface area contributed by atoms with Crippen molar-refractivity contribution in [2.75, 3.05) is 12.9 Å². The summed E-state index contributed by atoms with van der Waals surface area (Å²) in [5.74, 6) is 0. The molecule has 3 atom stereocenters. The maximum atomic E-state index is 7.32. The van der Waals surface area contributed by atoms with E-state index in [0.29, 0.717) is 19.8 Å². The van der Waals surface area contributed by atoms with Crippen molar-refractivity contribution in [3.63, 3.8) is 0 Å². The third kappa shape index (κ3) is 6.79. The lowest BCUT2D eigenvalue weighted by molar-refractivity contribution is -0.0620. The minimum absolute atomic E-state index is 0.121. The number of hydrogen-bond acceptors (Lipinski definition) is 5. The molecule has 0 saturated heterocycles. The Hall–Kier alpha value is -3.00. The highest BCUT2D eigenvalue weighted by Crippen LogP contribution is 2.38. The molecule has 0 amide bonds. The van der Waals surface area contributed by atoms with Gasteiger partial charge < -0.3 is 13.9 Å². The molecule has 0 aliphatic carbocycles. The average molecular weight is 596 g/mol. The minimum atomic E-state index is -2.73. The molecule has 6 heteroatoms. The van der Waals surface area contributed by atoms with Gasteiger partial charge in [0, 0.05) is 0 Å². The molecule has 0 aromatic heterocycles. The average Bonchev–Trinajstić information content (AvgIpc) is 3.37. The summed E-state index contributed by atoms with van der Waals surface area (Å²) in [4.78, 5) is 5.19. The van der Waals surface area contributed by atoms with Crippen LogP contribution in [0.25, 0.3) is 0 Å². The van der Waals surface area contributed by atoms with Gasteiger partial charge in [-0.25, -0.2) is 0 Å². The summed E-state index contributed by atoms with van der Waals surface area (Å²) in [6.45, 7) is 8.35. The molecule has 0 fully saturated rings. The molecule has 218 valence electrons. The largest absolute Gasteiger partial charge is 0.405 e. The van der Waals surface area contributed by atoms with Gasteiger partial charge in [0.05, 0.1) is 24.9 Å². The van der Waals surface area contributed by atoms with Gasteiger partial charge in [-0.2, -0.15) is 0 Å². The van der Waals surface area contributed by atoms with Crippen molar-refractivity contribution in [2.45, 2.75) is 57.3 Å². The van der Waals surface area contributed by atoms with Gasteiger partial charge in [-0.15, -0.1) is 11.8 Å². The van der Waals surface area contributed by atoms with E-state index in [4.69, 9.17) is 18.9 Å². The molecule has 0 radical (unpaired) electrons. The van der Waals surface area contributed by atoms with E-state index in [-0.39, 0.29) is 23.3 Å². The van der Waals surface area contributed by atoms with Crippen LogP contribution >= 0.6 is 11.8 Å². The lowest BCUT2D eigenvalue weighted by Crippen LogP contribution is -2.67. The Bertz CT molecular complexity index is 1370. The summed E-state index contributed by atoms with van der Waals surface area (Å²) in [5.41, 5.74) is 2.26. The van der Waals surface area contributed by atoms with Crippen molar-refractivity contribution in [1.29, 1.82) is 0 Å². The van der Waals surface area contributed by atoms with Crippen LogP contribution in [0.2, 0.25) is 5.04 Å². The van der Waals surface area contributed by atoms with Crippen molar-refractivity contribution in [1.82, 2.24) is 0 Å². The van der Waals surface area contributed by atoms with E-state index in [9.17, 15) is 0 Å². The molecule has 0 bridgehead atoms. The van der Waals surface area contributed by atoms with E-state index < -0.39 is 8.32 Å². The monoisotopic (exact) mass is 595 g/mol. The van der Waals surface area contributed by atoms with Crippen LogP contribution in [0.5, 0.6) is 0 Å². The van der Waals surface area contributed by atoms with Gasteiger partial charge in [0.25, 0.3) is 8.32 Å². The SMILES string of the molecule is CSC1=N[C@@H](CO[Si](c2ccccc2)(c2ccccc2)C(C)(C)C)[C@@H](OCc2ccccc2)[C@@H]1OCc1ccccc1. The van der Waals surface area contributed by atoms with Gasteiger partial charge in [0.15, 0.2) is 0 Å². The molecule has 4 aromatic carbocycles. The number of hydrogen-bond donors (Lipinski definition) is 0.